The van der Waals surface area contributed by atoms with Gasteiger partial charge in [-0.2, -0.15) is 11.8 Å². The molecule has 20 heavy (non-hydrogen) atoms. The molecule has 3 N–H and O–H groups in total. The number of nitrogens with one attached hydrogen (secondary N) is 1. The fourth-order valence-corrected chi connectivity index (χ4v) is 3.76. The van der Waals surface area contributed by atoms with Gasteiger partial charge < -0.3 is 16.0 Å². The standard InChI is InChI=1S/C14H25N3O2S/c1-10(15)13(18)16-12-4-2-11(3-5-12)14(19)17-6-8-20-9-7-17/h10-12H,2-9,15H2,1H3,(H,16,18)/t10-,11?,12?/m1/s1. The van der Waals surface area contributed by atoms with E-state index in [0.717, 1.165) is 50.3 Å². The lowest BCUT2D eigenvalue weighted by Crippen LogP contribution is -2.47. The second kappa shape index (κ2) is 7.31. The van der Waals surface area contributed by atoms with Gasteiger partial charge in [0, 0.05) is 36.6 Å². The van der Waals surface area contributed by atoms with Gasteiger partial charge in [0.2, 0.25) is 11.8 Å². The number of nitrogens with two attached hydrogens (primary N) is 1. The van der Waals surface area contributed by atoms with Crippen LogP contribution in [0.1, 0.15) is 32.6 Å². The van der Waals surface area contributed by atoms with Crippen molar-refractivity contribution in [1.29, 1.82) is 0 Å². The topological polar surface area (TPSA) is 75.4 Å². The zero-order valence-electron chi connectivity index (χ0n) is 12.1. The Hall–Kier alpha value is -0.750. The van der Waals surface area contributed by atoms with E-state index in [-0.39, 0.29) is 17.9 Å². The molecule has 2 amide bonds. The van der Waals surface area contributed by atoms with Crippen LogP contribution in [0, 0.1) is 5.92 Å². The minimum Gasteiger partial charge on any atom is -0.352 e. The summed E-state index contributed by atoms with van der Waals surface area (Å²) >= 11 is 1.92. The molecule has 2 aliphatic rings. The number of hydrogen-bond donors (Lipinski definition) is 2. The molecule has 1 atom stereocenters. The van der Waals surface area contributed by atoms with Gasteiger partial charge in [-0.3, -0.25) is 9.59 Å². The lowest BCUT2D eigenvalue weighted by molar-refractivity contribution is -0.136. The molecule has 1 aliphatic carbocycles. The molecule has 0 aromatic carbocycles. The summed E-state index contributed by atoms with van der Waals surface area (Å²) < 4.78 is 0. The van der Waals surface area contributed by atoms with Crippen LogP contribution in [0.4, 0.5) is 0 Å². The van der Waals surface area contributed by atoms with Gasteiger partial charge in [-0.15, -0.1) is 0 Å². The van der Waals surface area contributed by atoms with Gasteiger partial charge in [0.05, 0.1) is 6.04 Å². The monoisotopic (exact) mass is 299 g/mol. The van der Waals surface area contributed by atoms with Crippen molar-refractivity contribution in [3.8, 4) is 0 Å². The molecule has 2 rings (SSSR count). The molecule has 5 nitrogen and oxygen atoms in total. The van der Waals surface area contributed by atoms with Gasteiger partial charge in [-0.05, 0) is 32.6 Å². The van der Waals surface area contributed by atoms with E-state index in [1.54, 1.807) is 6.92 Å². The Morgan fingerprint density at radius 3 is 2.35 bits per heavy atom. The molecule has 0 spiro atoms. The molecule has 1 heterocycles. The van der Waals surface area contributed by atoms with Crippen molar-refractivity contribution < 1.29 is 9.59 Å². The van der Waals surface area contributed by atoms with E-state index >= 15 is 0 Å². The van der Waals surface area contributed by atoms with Gasteiger partial charge in [0.15, 0.2) is 0 Å². The predicted octanol–water partition coefficient (Wildman–Crippen LogP) is 0.584. The quantitative estimate of drug-likeness (QED) is 0.799. The van der Waals surface area contributed by atoms with Crippen molar-refractivity contribution >= 4 is 23.6 Å². The van der Waals surface area contributed by atoms with Crippen LogP contribution in [0.5, 0.6) is 0 Å². The average Bonchev–Trinajstić information content (AvgIpc) is 2.48. The molecule has 0 unspecified atom stereocenters. The first-order chi connectivity index (χ1) is 9.58. The lowest BCUT2D eigenvalue weighted by Gasteiger charge is -2.34. The van der Waals surface area contributed by atoms with Gasteiger partial charge in [-0.25, -0.2) is 0 Å². The maximum atomic E-state index is 12.4. The maximum Gasteiger partial charge on any atom is 0.236 e. The van der Waals surface area contributed by atoms with Crippen LogP contribution < -0.4 is 11.1 Å². The van der Waals surface area contributed by atoms with Gasteiger partial charge >= 0.3 is 0 Å². The molecule has 0 radical (unpaired) electrons. The normalized spacial score (nSPS) is 28.8. The summed E-state index contributed by atoms with van der Waals surface area (Å²) in [5.41, 5.74) is 5.55. The number of hydrogen-bond acceptors (Lipinski definition) is 4. The van der Waals surface area contributed by atoms with Crippen LogP contribution in [0.15, 0.2) is 0 Å². The van der Waals surface area contributed by atoms with Gasteiger partial charge in [0.25, 0.3) is 0 Å². The number of thioether (sulfide) groups is 1. The molecule has 0 bridgehead atoms. The lowest BCUT2D eigenvalue weighted by atomic mass is 9.85. The second-order valence-corrected chi connectivity index (χ2v) is 7.01. The third kappa shape index (κ3) is 4.12. The highest BCUT2D eigenvalue weighted by Gasteiger charge is 2.30. The number of amides is 2. The SMILES string of the molecule is C[C@@H](N)C(=O)NC1CCC(C(=O)N2CCSCC2)CC1. The Morgan fingerprint density at radius 1 is 1.20 bits per heavy atom. The van der Waals surface area contributed by atoms with E-state index in [0.29, 0.717) is 5.91 Å². The van der Waals surface area contributed by atoms with Crippen molar-refractivity contribution in [3.05, 3.63) is 0 Å². The summed E-state index contributed by atoms with van der Waals surface area (Å²) in [6, 6.07) is -0.269. The van der Waals surface area contributed by atoms with Crippen LogP contribution in [0.2, 0.25) is 0 Å². The average molecular weight is 299 g/mol. The van der Waals surface area contributed by atoms with E-state index in [4.69, 9.17) is 5.73 Å². The Kier molecular flexibility index (Phi) is 5.72. The minimum absolute atomic E-state index is 0.0900. The summed E-state index contributed by atoms with van der Waals surface area (Å²) in [4.78, 5) is 26.0. The third-order valence-electron chi connectivity index (χ3n) is 4.16. The number of carbonyl (C=O) groups is 2. The maximum absolute atomic E-state index is 12.4. The van der Waals surface area contributed by atoms with Crippen LogP contribution in [-0.2, 0) is 9.59 Å². The number of nitrogens with zero attached hydrogens (tertiary/aromatic N) is 1. The van der Waals surface area contributed by atoms with Crippen LogP contribution in [0.3, 0.4) is 0 Å². The van der Waals surface area contributed by atoms with Gasteiger partial charge in [-0.1, -0.05) is 0 Å². The summed E-state index contributed by atoms with van der Waals surface area (Å²) in [5.74, 6) is 2.51. The summed E-state index contributed by atoms with van der Waals surface area (Å²) in [6.45, 7) is 3.48. The van der Waals surface area contributed by atoms with Crippen LogP contribution in [0.25, 0.3) is 0 Å². The van der Waals surface area contributed by atoms with Crippen molar-refractivity contribution in [3.63, 3.8) is 0 Å². The Bertz CT molecular complexity index is 348. The number of rotatable bonds is 3. The van der Waals surface area contributed by atoms with E-state index < -0.39 is 6.04 Å². The number of carbonyl (C=O) groups excluding carboxylic acids is 2. The van der Waals surface area contributed by atoms with Crippen molar-refractivity contribution in [2.24, 2.45) is 11.7 Å². The van der Waals surface area contributed by atoms with Crippen LogP contribution in [-0.4, -0.2) is 53.4 Å². The van der Waals surface area contributed by atoms with E-state index in [1.807, 2.05) is 16.7 Å². The Labute approximate surface area is 125 Å². The molecular formula is C14H25N3O2S. The molecule has 0 aromatic rings. The molecule has 6 heteroatoms. The van der Waals surface area contributed by atoms with E-state index in [2.05, 4.69) is 5.32 Å². The first-order valence-corrected chi connectivity index (χ1v) is 8.66. The molecule has 0 aromatic heterocycles. The minimum atomic E-state index is -0.458. The van der Waals surface area contributed by atoms with Crippen molar-refractivity contribution in [1.82, 2.24) is 10.2 Å². The van der Waals surface area contributed by atoms with E-state index in [1.165, 1.54) is 0 Å². The summed E-state index contributed by atoms with van der Waals surface area (Å²) in [5, 5.41) is 2.97. The Morgan fingerprint density at radius 2 is 1.80 bits per heavy atom. The smallest absolute Gasteiger partial charge is 0.236 e. The molecule has 1 aliphatic heterocycles. The van der Waals surface area contributed by atoms with Crippen LogP contribution >= 0.6 is 11.8 Å². The summed E-state index contributed by atoms with van der Waals surface area (Å²) in [7, 11) is 0. The highest BCUT2D eigenvalue weighted by molar-refractivity contribution is 7.99. The Balaban J connectivity index is 1.76. The van der Waals surface area contributed by atoms with Crippen molar-refractivity contribution in [2.75, 3.05) is 24.6 Å². The molecule has 1 saturated carbocycles. The molecule has 114 valence electrons. The molecule has 2 fully saturated rings. The van der Waals surface area contributed by atoms with Crippen molar-refractivity contribution in [2.45, 2.75) is 44.7 Å². The molecule has 1 saturated heterocycles. The zero-order valence-corrected chi connectivity index (χ0v) is 13.0. The second-order valence-electron chi connectivity index (χ2n) is 5.78. The highest BCUT2D eigenvalue weighted by atomic mass is 32.2. The first kappa shape index (κ1) is 15.6. The predicted molar refractivity (Wildman–Crippen MR) is 81.4 cm³/mol. The largest absolute Gasteiger partial charge is 0.352 e. The zero-order chi connectivity index (χ0) is 14.5. The fourth-order valence-electron chi connectivity index (χ4n) is 2.86. The fraction of sp³-hybridized carbons (Fsp3) is 0.857. The van der Waals surface area contributed by atoms with E-state index in [9.17, 15) is 9.59 Å². The first-order valence-electron chi connectivity index (χ1n) is 7.50. The molecular weight excluding hydrogens is 274 g/mol. The third-order valence-corrected chi connectivity index (χ3v) is 5.10. The highest BCUT2D eigenvalue weighted by Crippen LogP contribution is 2.27. The van der Waals surface area contributed by atoms with Gasteiger partial charge in [0.1, 0.15) is 0 Å². The summed E-state index contributed by atoms with van der Waals surface area (Å²) in [6.07, 6.45) is 3.54.